The van der Waals surface area contributed by atoms with Crippen molar-refractivity contribution in [1.29, 1.82) is 0 Å². The van der Waals surface area contributed by atoms with Gasteiger partial charge in [-0.15, -0.1) is 0 Å². The second-order valence-corrected chi connectivity index (χ2v) is 13.5. The van der Waals surface area contributed by atoms with Gasteiger partial charge in [0.2, 0.25) is 0 Å². The summed E-state index contributed by atoms with van der Waals surface area (Å²) >= 11 is 0. The quantitative estimate of drug-likeness (QED) is 0.528. The molecule has 0 rings (SSSR count). The number of rotatable bonds is 10. The van der Waals surface area contributed by atoms with Gasteiger partial charge in [-0.1, -0.05) is 0 Å². The maximum absolute atomic E-state index is 12.8. The van der Waals surface area contributed by atoms with Crippen molar-refractivity contribution in [2.75, 3.05) is 42.7 Å². The largest absolute Gasteiger partial charge is 0.516 e. The lowest BCUT2D eigenvalue weighted by molar-refractivity contribution is 0.120. The molecule has 7 nitrogen and oxygen atoms in total. The number of hydrogen-bond donors (Lipinski definition) is 0. The molecule has 0 saturated heterocycles. The maximum atomic E-state index is 12.8. The Balaban J connectivity index is 5.33. The molecule has 0 aromatic rings. The first kappa shape index (κ1) is 20.3. The van der Waals surface area contributed by atoms with Crippen LogP contribution in [0, 0.1) is 0 Å². The molecule has 0 aliphatic carbocycles. The lowest BCUT2D eigenvalue weighted by Gasteiger charge is -2.34. The lowest BCUT2D eigenvalue weighted by Crippen LogP contribution is -2.61. The highest BCUT2D eigenvalue weighted by molar-refractivity contribution is 7.89. The summed E-state index contributed by atoms with van der Waals surface area (Å²) in [6.07, 6.45) is 0. The standard InChI is InChI=1S/C10H26O7SSi2/c1-9(19(12-3,13-4)14-5)18(11)10(2)20(15-6,16-7)17-8/h9-10H,1-8H3. The van der Waals surface area contributed by atoms with E-state index in [-0.39, 0.29) is 0 Å². The third kappa shape index (κ3) is 3.75. The van der Waals surface area contributed by atoms with E-state index in [2.05, 4.69) is 0 Å². The summed E-state index contributed by atoms with van der Waals surface area (Å²) in [7, 11) is 1.56. The lowest BCUT2D eigenvalue weighted by atomic mass is 10.9. The first-order valence-electron chi connectivity index (χ1n) is 6.04. The zero-order chi connectivity index (χ0) is 16.0. The third-order valence-corrected chi connectivity index (χ3v) is 13.3. The van der Waals surface area contributed by atoms with Gasteiger partial charge in [-0.25, -0.2) is 0 Å². The monoisotopic (exact) mass is 346 g/mol. The van der Waals surface area contributed by atoms with Crippen molar-refractivity contribution in [2.24, 2.45) is 0 Å². The topological polar surface area (TPSA) is 72.5 Å². The molecule has 0 fully saturated rings. The van der Waals surface area contributed by atoms with Crippen LogP contribution in [0.15, 0.2) is 0 Å². The summed E-state index contributed by atoms with van der Waals surface area (Å²) in [6.45, 7) is 3.55. The van der Waals surface area contributed by atoms with Crippen molar-refractivity contribution >= 4 is 28.4 Å². The van der Waals surface area contributed by atoms with Gasteiger partial charge in [-0.2, -0.15) is 0 Å². The van der Waals surface area contributed by atoms with E-state index in [9.17, 15) is 4.21 Å². The highest BCUT2D eigenvalue weighted by Gasteiger charge is 2.55. The molecule has 0 amide bonds. The van der Waals surface area contributed by atoms with E-state index in [1.807, 2.05) is 0 Å². The molecule has 0 aromatic heterocycles. The van der Waals surface area contributed by atoms with Gasteiger partial charge in [0.25, 0.3) is 0 Å². The van der Waals surface area contributed by atoms with Gasteiger partial charge in [0.1, 0.15) is 9.75 Å². The Morgan fingerprint density at radius 3 is 1.00 bits per heavy atom. The van der Waals surface area contributed by atoms with E-state index >= 15 is 0 Å². The minimum Gasteiger partial charge on any atom is -0.376 e. The van der Waals surface area contributed by atoms with Crippen LogP contribution < -0.4 is 0 Å². The van der Waals surface area contributed by atoms with Crippen LogP contribution in [0.25, 0.3) is 0 Å². The molecule has 0 bridgehead atoms. The van der Waals surface area contributed by atoms with Crippen molar-refractivity contribution < 1.29 is 30.8 Å². The summed E-state index contributed by atoms with van der Waals surface area (Å²) < 4.78 is 45.1. The molecule has 0 saturated carbocycles. The van der Waals surface area contributed by atoms with Crippen LogP contribution >= 0.6 is 0 Å². The van der Waals surface area contributed by atoms with Crippen molar-refractivity contribution in [3.63, 3.8) is 0 Å². The Morgan fingerprint density at radius 1 is 0.650 bits per heavy atom. The van der Waals surface area contributed by atoms with Crippen LogP contribution in [-0.4, -0.2) is 74.2 Å². The molecule has 122 valence electrons. The predicted octanol–water partition coefficient (Wildman–Crippen LogP) is 0.347. The van der Waals surface area contributed by atoms with E-state index < -0.39 is 38.2 Å². The predicted molar refractivity (Wildman–Crippen MR) is 80.6 cm³/mol. The Morgan fingerprint density at radius 2 is 0.850 bits per heavy atom. The maximum Gasteiger partial charge on any atom is 0.516 e. The average Bonchev–Trinajstić information content (AvgIpc) is 2.50. The van der Waals surface area contributed by atoms with E-state index in [1.54, 1.807) is 13.8 Å². The van der Waals surface area contributed by atoms with Crippen LogP contribution in [0.1, 0.15) is 13.8 Å². The van der Waals surface area contributed by atoms with E-state index in [0.29, 0.717) is 0 Å². The molecule has 2 unspecified atom stereocenters. The molecule has 0 aromatic carbocycles. The SMILES string of the molecule is CO[Si](OC)(OC)C(C)S(=O)C(C)[Si](OC)(OC)OC. The summed E-state index contributed by atoms with van der Waals surface area (Å²) in [6, 6.07) is 0. The van der Waals surface area contributed by atoms with Gasteiger partial charge in [-0.05, 0) is 13.8 Å². The Labute approximate surface area is 126 Å². The Hall–Kier alpha value is 0.344. The second-order valence-electron chi connectivity index (χ2n) is 4.04. The number of hydrogen-bond acceptors (Lipinski definition) is 7. The molecule has 0 N–H and O–H groups in total. The zero-order valence-corrected chi connectivity index (χ0v) is 16.2. The van der Waals surface area contributed by atoms with Crippen molar-refractivity contribution in [3.05, 3.63) is 0 Å². The van der Waals surface area contributed by atoms with Crippen LogP contribution in [0.3, 0.4) is 0 Å². The van der Waals surface area contributed by atoms with Crippen LogP contribution in [0.2, 0.25) is 0 Å². The Kier molecular flexibility index (Phi) is 8.86. The van der Waals surface area contributed by atoms with Gasteiger partial charge < -0.3 is 26.6 Å². The molecule has 10 heteroatoms. The van der Waals surface area contributed by atoms with E-state index in [0.717, 1.165) is 0 Å². The van der Waals surface area contributed by atoms with Crippen molar-refractivity contribution in [1.82, 2.24) is 0 Å². The van der Waals surface area contributed by atoms with Gasteiger partial charge >= 0.3 is 17.6 Å². The van der Waals surface area contributed by atoms with Crippen LogP contribution in [-0.2, 0) is 37.4 Å². The Bertz CT molecular complexity index is 265. The van der Waals surface area contributed by atoms with E-state index in [4.69, 9.17) is 26.6 Å². The molecule has 0 radical (unpaired) electrons. The van der Waals surface area contributed by atoms with Gasteiger partial charge in [-0.3, -0.25) is 4.21 Å². The fourth-order valence-electron chi connectivity index (χ4n) is 2.09. The molecule has 0 spiro atoms. The average molecular weight is 347 g/mol. The molecule has 0 aliphatic rings. The van der Waals surface area contributed by atoms with Gasteiger partial charge in [0.05, 0.1) is 0 Å². The van der Waals surface area contributed by atoms with Gasteiger partial charge in [0, 0.05) is 53.5 Å². The zero-order valence-electron chi connectivity index (χ0n) is 13.4. The second kappa shape index (κ2) is 8.71. The summed E-state index contributed by atoms with van der Waals surface area (Å²) in [4.78, 5) is -0.880. The van der Waals surface area contributed by atoms with Crippen molar-refractivity contribution in [2.45, 2.75) is 23.6 Å². The molecule has 0 heterocycles. The third-order valence-electron chi connectivity index (χ3n) is 3.40. The van der Waals surface area contributed by atoms with E-state index in [1.165, 1.54) is 42.7 Å². The molecule has 0 aliphatic heterocycles. The summed E-state index contributed by atoms with van der Waals surface area (Å²) in [5, 5.41) is 0. The fourth-order valence-corrected chi connectivity index (χ4v) is 11.3. The summed E-state index contributed by atoms with van der Waals surface area (Å²) in [5.74, 6) is 0. The minimum atomic E-state index is -3.01. The highest BCUT2D eigenvalue weighted by atomic mass is 32.2. The molecule has 20 heavy (non-hydrogen) atoms. The van der Waals surface area contributed by atoms with Crippen molar-refractivity contribution in [3.8, 4) is 0 Å². The first-order chi connectivity index (χ1) is 9.34. The van der Waals surface area contributed by atoms with Crippen LogP contribution in [0.4, 0.5) is 0 Å². The summed E-state index contributed by atoms with van der Waals surface area (Å²) in [5.41, 5.74) is 0. The molecular formula is C10H26O7SSi2. The first-order valence-corrected chi connectivity index (χ1v) is 10.9. The fraction of sp³-hybridized carbons (Fsp3) is 1.00. The molecular weight excluding hydrogens is 320 g/mol. The smallest absolute Gasteiger partial charge is 0.376 e. The normalized spacial score (nSPS) is 17.8. The van der Waals surface area contributed by atoms with Crippen LogP contribution in [0.5, 0.6) is 0 Å². The highest BCUT2D eigenvalue weighted by Crippen LogP contribution is 2.24. The minimum absolute atomic E-state index is 0.440. The van der Waals surface area contributed by atoms with Gasteiger partial charge in [0.15, 0.2) is 0 Å². The molecule has 2 atom stereocenters.